The Hall–Kier alpha value is -2.25. The second kappa shape index (κ2) is 16.4. The number of hydrogen-bond acceptors (Lipinski definition) is 12. The molecule has 0 aromatic rings. The van der Waals surface area contributed by atoms with Gasteiger partial charge in [0.25, 0.3) is 7.82 Å². The summed E-state index contributed by atoms with van der Waals surface area (Å²) in [5.74, 6) is -1.67. The summed E-state index contributed by atoms with van der Waals surface area (Å²) in [7, 11) is -4.78. The zero-order valence-corrected chi connectivity index (χ0v) is 19.3. The smallest absolute Gasteiger partial charge is 0.407 e. The molecule has 0 fully saturated rings. The zero-order valence-electron chi connectivity index (χ0n) is 18.5. The van der Waals surface area contributed by atoms with Gasteiger partial charge in [0.05, 0.1) is 19.8 Å². The molecule has 186 valence electrons. The van der Waals surface area contributed by atoms with E-state index < -0.39 is 51.8 Å². The normalized spacial score (nSPS) is 13.6. The van der Waals surface area contributed by atoms with Crippen molar-refractivity contribution in [1.29, 1.82) is 0 Å². The Morgan fingerprint density at radius 3 is 2.22 bits per heavy atom. The molecule has 15 heteroatoms. The predicted octanol–water partition coefficient (Wildman–Crippen LogP) is -0.750. The number of hydrogen-bond donors (Lipinski definition) is 2. The Balaban J connectivity index is 4.00. The van der Waals surface area contributed by atoms with Gasteiger partial charge >= 0.3 is 18.0 Å². The first kappa shape index (κ1) is 29.8. The molecular formula is C17H30N2O12P-. The minimum atomic E-state index is -4.78. The number of phosphoric ester groups is 1. The molecule has 0 rings (SSSR count). The van der Waals surface area contributed by atoms with Crippen molar-refractivity contribution in [3.05, 3.63) is 0 Å². The molecular weight excluding hydrogens is 455 g/mol. The summed E-state index contributed by atoms with van der Waals surface area (Å²) in [6.45, 7) is 3.84. The van der Waals surface area contributed by atoms with Crippen LogP contribution in [0.2, 0.25) is 0 Å². The molecule has 0 aliphatic rings. The Morgan fingerprint density at radius 1 is 0.938 bits per heavy atom. The first-order valence-corrected chi connectivity index (χ1v) is 11.1. The molecule has 0 aliphatic heterocycles. The summed E-state index contributed by atoms with van der Waals surface area (Å²) in [5, 5.41) is 4.87. The first-order chi connectivity index (χ1) is 14.9. The van der Waals surface area contributed by atoms with E-state index in [0.29, 0.717) is 0 Å². The lowest BCUT2D eigenvalue weighted by molar-refractivity contribution is -0.228. The largest absolute Gasteiger partial charge is 0.756 e. The summed E-state index contributed by atoms with van der Waals surface area (Å²) >= 11 is 0. The highest BCUT2D eigenvalue weighted by molar-refractivity contribution is 7.45. The molecule has 0 aromatic heterocycles. The Labute approximate surface area is 185 Å². The van der Waals surface area contributed by atoms with Gasteiger partial charge in [-0.05, 0) is 13.8 Å². The van der Waals surface area contributed by atoms with E-state index in [1.165, 1.54) is 0 Å². The van der Waals surface area contributed by atoms with Crippen LogP contribution >= 0.6 is 7.82 Å². The Morgan fingerprint density at radius 2 is 1.62 bits per heavy atom. The molecule has 0 radical (unpaired) electrons. The van der Waals surface area contributed by atoms with Gasteiger partial charge in [0.2, 0.25) is 5.91 Å². The molecule has 14 nitrogen and oxygen atoms in total. The number of alkyl carbamates (subject to hydrolysis) is 1. The van der Waals surface area contributed by atoms with Gasteiger partial charge in [-0.3, -0.25) is 18.9 Å². The van der Waals surface area contributed by atoms with E-state index in [-0.39, 0.29) is 38.3 Å². The first-order valence-electron chi connectivity index (χ1n) is 9.59. The number of esters is 2. The Bertz CT molecular complexity index is 657. The monoisotopic (exact) mass is 485 g/mol. The van der Waals surface area contributed by atoms with Gasteiger partial charge in [-0.25, -0.2) is 4.79 Å². The van der Waals surface area contributed by atoms with E-state index >= 15 is 0 Å². The minimum Gasteiger partial charge on any atom is -0.756 e. The number of nitrogens with one attached hydrogen (secondary N) is 2. The van der Waals surface area contributed by atoms with Gasteiger partial charge in [-0.15, -0.1) is 0 Å². The number of amides is 2. The highest BCUT2D eigenvalue weighted by Crippen LogP contribution is 2.38. The predicted molar refractivity (Wildman–Crippen MR) is 105 cm³/mol. The van der Waals surface area contributed by atoms with E-state index in [0.717, 1.165) is 13.8 Å². The van der Waals surface area contributed by atoms with Crippen LogP contribution in [0.1, 0.15) is 27.7 Å². The van der Waals surface area contributed by atoms with Crippen LogP contribution in [-0.2, 0) is 46.9 Å². The number of ether oxygens (including phenoxy) is 4. The van der Waals surface area contributed by atoms with Crippen molar-refractivity contribution in [2.24, 2.45) is 0 Å². The van der Waals surface area contributed by atoms with Crippen LogP contribution in [-0.4, -0.2) is 82.3 Å². The number of carbonyl (C=O) groups excluding carboxylic acids is 4. The summed E-state index contributed by atoms with van der Waals surface area (Å²) in [4.78, 5) is 56.3. The standard InChI is InChI=1S/C17H31N2O12P/c1-12(2)19-16(22)11-26-7-8-27-17(23)18-5-6-29-32(24,25)30-10-15(31-14(4)21)9-28-13(3)20/h12,15H,5-11H2,1-4H3,(H,18,23)(H,19,22)(H,24,25)/p-1/t15-/m1/s1. The van der Waals surface area contributed by atoms with Crippen molar-refractivity contribution >= 4 is 31.8 Å². The van der Waals surface area contributed by atoms with Crippen molar-refractivity contribution in [1.82, 2.24) is 10.6 Å². The van der Waals surface area contributed by atoms with Crippen LogP contribution in [0, 0.1) is 0 Å². The number of carbonyl (C=O) groups is 4. The lowest BCUT2D eigenvalue weighted by Crippen LogP contribution is -2.34. The van der Waals surface area contributed by atoms with Crippen molar-refractivity contribution in [2.75, 3.05) is 46.2 Å². The molecule has 1 unspecified atom stereocenters. The van der Waals surface area contributed by atoms with Gasteiger partial charge in [0.15, 0.2) is 6.10 Å². The third-order valence-corrected chi connectivity index (χ3v) is 3.95. The highest BCUT2D eigenvalue weighted by atomic mass is 31.2. The van der Waals surface area contributed by atoms with E-state index in [2.05, 4.69) is 24.4 Å². The average Bonchev–Trinajstić information content (AvgIpc) is 2.66. The van der Waals surface area contributed by atoms with Crippen LogP contribution in [0.15, 0.2) is 0 Å². The van der Waals surface area contributed by atoms with Crippen molar-refractivity contribution in [3.63, 3.8) is 0 Å². The molecule has 0 heterocycles. The maximum Gasteiger partial charge on any atom is 0.407 e. The number of phosphoric acid groups is 1. The topological polar surface area (TPSA) is 188 Å². The summed E-state index contributed by atoms with van der Waals surface area (Å²) in [6, 6.07) is -0.0128. The second-order valence-electron chi connectivity index (χ2n) is 6.45. The van der Waals surface area contributed by atoms with Gasteiger partial charge in [0.1, 0.15) is 19.8 Å². The quantitative estimate of drug-likeness (QED) is 0.121. The van der Waals surface area contributed by atoms with E-state index in [1.54, 1.807) is 13.8 Å². The highest BCUT2D eigenvalue weighted by Gasteiger charge is 2.19. The molecule has 2 amide bonds. The molecule has 0 aromatic carbocycles. The third kappa shape index (κ3) is 18.5. The summed E-state index contributed by atoms with van der Waals surface area (Å²) < 4.78 is 40.1. The van der Waals surface area contributed by atoms with Crippen LogP contribution in [0.4, 0.5) is 4.79 Å². The molecule has 0 saturated heterocycles. The fraction of sp³-hybridized carbons (Fsp3) is 0.765. The number of rotatable bonds is 16. The SMILES string of the molecule is CC(=O)OC[C@H](COP(=O)([O-])OCCNC(=O)OCCOCC(=O)NC(C)C)OC(C)=O. The fourth-order valence-electron chi connectivity index (χ4n) is 1.86. The second-order valence-corrected chi connectivity index (χ2v) is 7.86. The van der Waals surface area contributed by atoms with Crippen molar-refractivity contribution in [3.8, 4) is 0 Å². The molecule has 2 atom stereocenters. The molecule has 0 spiro atoms. The van der Waals surface area contributed by atoms with E-state index in [4.69, 9.17) is 14.2 Å². The van der Waals surface area contributed by atoms with Crippen LogP contribution in [0.5, 0.6) is 0 Å². The van der Waals surface area contributed by atoms with Gasteiger partial charge in [-0.1, -0.05) is 0 Å². The van der Waals surface area contributed by atoms with Crippen molar-refractivity contribution < 1.29 is 56.6 Å². The zero-order chi connectivity index (χ0) is 24.6. The molecule has 2 N–H and O–H groups in total. The van der Waals surface area contributed by atoms with Gasteiger partial charge in [0, 0.05) is 26.4 Å². The van der Waals surface area contributed by atoms with E-state index in [1.807, 2.05) is 0 Å². The van der Waals surface area contributed by atoms with Crippen molar-refractivity contribution in [2.45, 2.75) is 39.8 Å². The van der Waals surface area contributed by atoms with Crippen LogP contribution in [0.25, 0.3) is 0 Å². The maximum atomic E-state index is 11.7. The van der Waals surface area contributed by atoms with Gasteiger partial charge < -0.3 is 43.5 Å². The minimum absolute atomic E-state index is 0.00409. The Kier molecular flexibility index (Phi) is 15.2. The maximum absolute atomic E-state index is 11.7. The third-order valence-electron chi connectivity index (χ3n) is 2.99. The average molecular weight is 485 g/mol. The molecule has 0 bridgehead atoms. The van der Waals surface area contributed by atoms with Crippen LogP contribution in [0.3, 0.4) is 0 Å². The summed E-state index contributed by atoms with van der Waals surface area (Å²) in [6.07, 6.45) is -1.99. The van der Waals surface area contributed by atoms with Gasteiger partial charge in [-0.2, -0.15) is 0 Å². The lowest BCUT2D eigenvalue weighted by Gasteiger charge is -2.25. The van der Waals surface area contributed by atoms with E-state index in [9.17, 15) is 28.6 Å². The molecule has 0 aliphatic carbocycles. The fourth-order valence-corrected chi connectivity index (χ4v) is 2.59. The molecule has 0 saturated carbocycles. The molecule has 32 heavy (non-hydrogen) atoms. The lowest BCUT2D eigenvalue weighted by atomic mass is 10.4. The summed E-state index contributed by atoms with van der Waals surface area (Å²) in [5.41, 5.74) is 0. The van der Waals surface area contributed by atoms with Crippen LogP contribution < -0.4 is 15.5 Å².